The van der Waals surface area contributed by atoms with E-state index in [0.29, 0.717) is 5.56 Å². The first-order valence-corrected chi connectivity index (χ1v) is 6.52. The van der Waals surface area contributed by atoms with Gasteiger partial charge < -0.3 is 4.98 Å². The average Bonchev–Trinajstić information content (AvgIpc) is 2.84. The Bertz CT molecular complexity index is 822. The van der Waals surface area contributed by atoms with E-state index in [-0.39, 0.29) is 16.4 Å². The predicted octanol–water partition coefficient (Wildman–Crippen LogP) is 4.50. The number of rotatable bonds is 2. The molecule has 2 aromatic carbocycles. The smallest absolute Gasteiger partial charge is 0.196 e. The zero-order valence-electron chi connectivity index (χ0n) is 10.7. The van der Waals surface area contributed by atoms with Crippen LogP contribution in [0.15, 0.2) is 42.6 Å². The molecule has 0 saturated carbocycles. The summed E-state index contributed by atoms with van der Waals surface area (Å²) in [6.07, 6.45) is 1.63. The summed E-state index contributed by atoms with van der Waals surface area (Å²) in [5.41, 5.74) is 2.59. The first kappa shape index (κ1) is 12.9. The molecule has 0 amide bonds. The highest BCUT2D eigenvalue weighted by Crippen LogP contribution is 2.26. The van der Waals surface area contributed by atoms with Crippen LogP contribution in [-0.4, -0.2) is 10.8 Å². The number of benzene rings is 2. The molecular formula is C16H11ClFNO. The molecule has 0 aliphatic rings. The summed E-state index contributed by atoms with van der Waals surface area (Å²) in [6.45, 7) is 1.95. The molecular weight excluding hydrogens is 277 g/mol. The monoisotopic (exact) mass is 287 g/mol. The summed E-state index contributed by atoms with van der Waals surface area (Å²) >= 11 is 5.88. The number of ketones is 1. The van der Waals surface area contributed by atoms with E-state index in [1.807, 2.05) is 25.1 Å². The van der Waals surface area contributed by atoms with E-state index in [1.165, 1.54) is 18.2 Å². The Balaban J connectivity index is 2.18. The molecule has 0 unspecified atom stereocenters. The first-order chi connectivity index (χ1) is 9.58. The van der Waals surface area contributed by atoms with Crippen molar-refractivity contribution in [3.63, 3.8) is 0 Å². The van der Waals surface area contributed by atoms with Gasteiger partial charge in [0.2, 0.25) is 0 Å². The van der Waals surface area contributed by atoms with Crippen LogP contribution in [0.3, 0.4) is 0 Å². The van der Waals surface area contributed by atoms with Gasteiger partial charge >= 0.3 is 0 Å². The lowest BCUT2D eigenvalue weighted by Crippen LogP contribution is -2.02. The second-order valence-electron chi connectivity index (χ2n) is 4.68. The maximum absolute atomic E-state index is 13.5. The lowest BCUT2D eigenvalue weighted by atomic mass is 10.0. The van der Waals surface area contributed by atoms with Gasteiger partial charge in [0.05, 0.1) is 5.02 Å². The van der Waals surface area contributed by atoms with E-state index >= 15 is 0 Å². The summed E-state index contributed by atoms with van der Waals surface area (Å²) in [7, 11) is 0. The molecule has 100 valence electrons. The molecule has 4 heteroatoms. The van der Waals surface area contributed by atoms with Gasteiger partial charge in [-0.25, -0.2) is 4.39 Å². The van der Waals surface area contributed by atoms with Crippen LogP contribution < -0.4 is 0 Å². The van der Waals surface area contributed by atoms with Crippen LogP contribution in [-0.2, 0) is 0 Å². The van der Waals surface area contributed by atoms with Crippen molar-refractivity contribution >= 4 is 28.3 Å². The van der Waals surface area contributed by atoms with Gasteiger partial charge in [0.25, 0.3) is 0 Å². The molecule has 0 spiro atoms. The van der Waals surface area contributed by atoms with Crippen LogP contribution in [0.5, 0.6) is 0 Å². The molecule has 20 heavy (non-hydrogen) atoms. The number of aromatic amines is 1. The van der Waals surface area contributed by atoms with E-state index in [9.17, 15) is 9.18 Å². The Morgan fingerprint density at radius 1 is 1.20 bits per heavy atom. The zero-order valence-corrected chi connectivity index (χ0v) is 11.5. The Hall–Kier alpha value is -2.13. The summed E-state index contributed by atoms with van der Waals surface area (Å²) in [5.74, 6) is -0.875. The van der Waals surface area contributed by atoms with Crippen molar-refractivity contribution < 1.29 is 9.18 Å². The van der Waals surface area contributed by atoms with Gasteiger partial charge in [0, 0.05) is 28.2 Å². The number of H-pyrrole nitrogens is 1. The minimum Gasteiger partial charge on any atom is -0.360 e. The molecule has 2 nitrogen and oxygen atoms in total. The van der Waals surface area contributed by atoms with E-state index in [2.05, 4.69) is 4.98 Å². The molecule has 3 aromatic rings. The SMILES string of the molecule is Cc1ccc2[nH]cc(C(=O)c3cccc(F)c3Cl)c2c1. The molecule has 1 N–H and O–H groups in total. The second-order valence-corrected chi connectivity index (χ2v) is 5.06. The lowest BCUT2D eigenvalue weighted by Gasteiger charge is -2.03. The van der Waals surface area contributed by atoms with Crippen LogP contribution in [0.25, 0.3) is 10.9 Å². The molecule has 0 saturated heterocycles. The van der Waals surface area contributed by atoms with Gasteiger partial charge in [-0.1, -0.05) is 29.3 Å². The van der Waals surface area contributed by atoms with Gasteiger partial charge in [-0.2, -0.15) is 0 Å². The van der Waals surface area contributed by atoms with Crippen molar-refractivity contribution in [2.75, 3.05) is 0 Å². The minimum absolute atomic E-state index is 0.139. The third-order valence-corrected chi connectivity index (χ3v) is 3.66. The zero-order chi connectivity index (χ0) is 14.3. The lowest BCUT2D eigenvalue weighted by molar-refractivity contribution is 0.104. The minimum atomic E-state index is -0.589. The van der Waals surface area contributed by atoms with E-state index in [1.54, 1.807) is 6.20 Å². The highest BCUT2D eigenvalue weighted by atomic mass is 35.5. The maximum atomic E-state index is 13.5. The van der Waals surface area contributed by atoms with Crippen molar-refractivity contribution in [1.29, 1.82) is 0 Å². The molecule has 0 bridgehead atoms. The van der Waals surface area contributed by atoms with E-state index in [4.69, 9.17) is 11.6 Å². The Morgan fingerprint density at radius 2 is 2.00 bits per heavy atom. The highest BCUT2D eigenvalue weighted by molar-refractivity contribution is 6.35. The fourth-order valence-electron chi connectivity index (χ4n) is 2.25. The van der Waals surface area contributed by atoms with Gasteiger partial charge in [0.1, 0.15) is 5.82 Å². The van der Waals surface area contributed by atoms with Crippen LogP contribution in [0.2, 0.25) is 5.02 Å². The summed E-state index contributed by atoms with van der Waals surface area (Å²) in [6, 6.07) is 10.0. The number of carbonyl (C=O) groups excluding carboxylic acids is 1. The number of nitrogens with one attached hydrogen (secondary N) is 1. The van der Waals surface area contributed by atoms with Gasteiger partial charge in [0.15, 0.2) is 5.78 Å². The Labute approximate surface area is 120 Å². The number of fused-ring (bicyclic) bond motifs is 1. The predicted molar refractivity (Wildman–Crippen MR) is 77.9 cm³/mol. The van der Waals surface area contributed by atoms with Crippen molar-refractivity contribution in [3.8, 4) is 0 Å². The summed E-state index contributed by atoms with van der Waals surface area (Å²) in [5, 5.41) is 0.676. The van der Waals surface area contributed by atoms with E-state index < -0.39 is 5.82 Å². The standard InChI is InChI=1S/C16H11ClFNO/c1-9-5-6-14-11(7-9)12(8-19-14)16(20)10-3-2-4-13(18)15(10)17/h2-8,19H,1H3. The topological polar surface area (TPSA) is 32.9 Å². The molecule has 0 fully saturated rings. The number of carbonyl (C=O) groups is 1. The van der Waals surface area contributed by atoms with Crippen LogP contribution >= 0.6 is 11.6 Å². The third-order valence-electron chi connectivity index (χ3n) is 3.28. The molecule has 0 atom stereocenters. The van der Waals surface area contributed by atoms with Crippen LogP contribution in [0, 0.1) is 12.7 Å². The molecule has 3 rings (SSSR count). The number of hydrogen-bond donors (Lipinski definition) is 1. The summed E-state index contributed by atoms with van der Waals surface area (Å²) in [4.78, 5) is 15.6. The van der Waals surface area contributed by atoms with Crippen molar-refractivity contribution in [2.24, 2.45) is 0 Å². The van der Waals surface area contributed by atoms with Gasteiger partial charge in [-0.3, -0.25) is 4.79 Å². The molecule has 1 aromatic heterocycles. The quantitative estimate of drug-likeness (QED) is 0.692. The maximum Gasteiger partial charge on any atom is 0.196 e. The molecule has 0 aliphatic heterocycles. The summed E-state index contributed by atoms with van der Waals surface area (Å²) < 4.78 is 13.5. The molecule has 1 heterocycles. The van der Waals surface area contributed by atoms with Gasteiger partial charge in [-0.05, 0) is 31.2 Å². The fourth-order valence-corrected chi connectivity index (χ4v) is 2.46. The van der Waals surface area contributed by atoms with E-state index in [0.717, 1.165) is 16.5 Å². The fraction of sp³-hybridized carbons (Fsp3) is 0.0625. The number of aryl methyl sites for hydroxylation is 1. The number of halogens is 2. The molecule has 0 aliphatic carbocycles. The Kier molecular flexibility index (Phi) is 3.07. The Morgan fingerprint density at radius 3 is 2.80 bits per heavy atom. The average molecular weight is 288 g/mol. The van der Waals surface area contributed by atoms with Gasteiger partial charge in [-0.15, -0.1) is 0 Å². The van der Waals surface area contributed by atoms with Crippen LogP contribution in [0.4, 0.5) is 4.39 Å². The normalized spacial score (nSPS) is 10.9. The van der Waals surface area contributed by atoms with Crippen molar-refractivity contribution in [2.45, 2.75) is 6.92 Å². The third kappa shape index (κ3) is 2.00. The molecule has 0 radical (unpaired) electrons. The largest absolute Gasteiger partial charge is 0.360 e. The van der Waals surface area contributed by atoms with Crippen molar-refractivity contribution in [3.05, 3.63) is 70.1 Å². The number of aromatic nitrogens is 1. The van der Waals surface area contributed by atoms with Crippen molar-refractivity contribution in [1.82, 2.24) is 4.98 Å². The van der Waals surface area contributed by atoms with Crippen LogP contribution in [0.1, 0.15) is 21.5 Å². The second kappa shape index (κ2) is 4.76. The highest BCUT2D eigenvalue weighted by Gasteiger charge is 2.18. The first-order valence-electron chi connectivity index (χ1n) is 6.14. The number of hydrogen-bond acceptors (Lipinski definition) is 1.